The Hall–Kier alpha value is -1.87. The molecule has 1 aliphatic heterocycles. The van der Waals surface area contributed by atoms with Gasteiger partial charge in [0.2, 0.25) is 0 Å². The van der Waals surface area contributed by atoms with Crippen LogP contribution in [-0.4, -0.2) is 17.6 Å². The van der Waals surface area contributed by atoms with E-state index in [2.05, 4.69) is 66.3 Å². The van der Waals surface area contributed by atoms with E-state index in [0.717, 1.165) is 25.2 Å². The predicted octanol–water partition coefficient (Wildman–Crippen LogP) is 3.58. The van der Waals surface area contributed by atoms with E-state index in [0.29, 0.717) is 6.04 Å². The fourth-order valence-electron chi connectivity index (χ4n) is 2.86. The van der Waals surface area contributed by atoms with Crippen molar-refractivity contribution < 1.29 is 0 Å². The number of aromatic nitrogens is 1. The van der Waals surface area contributed by atoms with Crippen LogP contribution in [0, 0.1) is 6.92 Å². The molecule has 0 bridgehead atoms. The molecule has 1 N–H and O–H groups in total. The lowest BCUT2D eigenvalue weighted by Crippen LogP contribution is -2.24. The van der Waals surface area contributed by atoms with E-state index in [1.54, 1.807) is 0 Å². The van der Waals surface area contributed by atoms with Crippen molar-refractivity contribution in [3.8, 4) is 0 Å². The molecule has 0 spiro atoms. The first-order valence-electron chi connectivity index (χ1n) is 7.69. The second kappa shape index (κ2) is 5.86. The van der Waals surface area contributed by atoms with E-state index in [1.165, 1.54) is 22.5 Å². The molecule has 0 radical (unpaired) electrons. The third-order valence-corrected chi connectivity index (χ3v) is 3.98. The SMILES string of the molecule is Cc1cc(N2CCc3ccccc32)c(CNC(C)C)cn1. The summed E-state index contributed by atoms with van der Waals surface area (Å²) >= 11 is 0. The Morgan fingerprint density at radius 1 is 1.24 bits per heavy atom. The number of hydrogen-bond acceptors (Lipinski definition) is 3. The van der Waals surface area contributed by atoms with Crippen LogP contribution in [0.25, 0.3) is 0 Å². The lowest BCUT2D eigenvalue weighted by Gasteiger charge is -2.23. The van der Waals surface area contributed by atoms with Crippen molar-refractivity contribution in [2.45, 2.75) is 39.8 Å². The lowest BCUT2D eigenvalue weighted by molar-refractivity contribution is 0.587. The topological polar surface area (TPSA) is 28.2 Å². The molecule has 1 aliphatic rings. The van der Waals surface area contributed by atoms with Crippen LogP contribution in [0.3, 0.4) is 0 Å². The summed E-state index contributed by atoms with van der Waals surface area (Å²) in [6.45, 7) is 8.32. The van der Waals surface area contributed by atoms with Crippen LogP contribution in [0.5, 0.6) is 0 Å². The van der Waals surface area contributed by atoms with Gasteiger partial charge in [0.25, 0.3) is 0 Å². The van der Waals surface area contributed by atoms with Gasteiger partial charge in [-0.2, -0.15) is 0 Å². The van der Waals surface area contributed by atoms with E-state index in [9.17, 15) is 0 Å². The van der Waals surface area contributed by atoms with E-state index >= 15 is 0 Å². The van der Waals surface area contributed by atoms with Crippen LogP contribution >= 0.6 is 0 Å². The summed E-state index contributed by atoms with van der Waals surface area (Å²) in [5.41, 5.74) is 6.41. The number of fused-ring (bicyclic) bond motifs is 1. The first kappa shape index (κ1) is 14.1. The zero-order valence-electron chi connectivity index (χ0n) is 13.1. The zero-order valence-corrected chi connectivity index (χ0v) is 13.1. The number of benzene rings is 1. The highest BCUT2D eigenvalue weighted by Gasteiger charge is 2.22. The fraction of sp³-hybridized carbons (Fsp3) is 0.389. The van der Waals surface area contributed by atoms with Gasteiger partial charge in [-0.15, -0.1) is 0 Å². The maximum atomic E-state index is 4.48. The van der Waals surface area contributed by atoms with Crippen molar-refractivity contribution in [1.82, 2.24) is 10.3 Å². The van der Waals surface area contributed by atoms with Crippen molar-refractivity contribution in [3.63, 3.8) is 0 Å². The molecule has 0 aliphatic carbocycles. The van der Waals surface area contributed by atoms with Crippen LogP contribution in [0.2, 0.25) is 0 Å². The second-order valence-electron chi connectivity index (χ2n) is 6.02. The van der Waals surface area contributed by atoms with Crippen molar-refractivity contribution in [2.24, 2.45) is 0 Å². The Morgan fingerprint density at radius 3 is 2.86 bits per heavy atom. The Balaban J connectivity index is 1.96. The zero-order chi connectivity index (χ0) is 14.8. The van der Waals surface area contributed by atoms with E-state index < -0.39 is 0 Å². The Morgan fingerprint density at radius 2 is 2.05 bits per heavy atom. The summed E-state index contributed by atoms with van der Waals surface area (Å²) in [6.07, 6.45) is 3.13. The third kappa shape index (κ3) is 2.93. The fourth-order valence-corrected chi connectivity index (χ4v) is 2.86. The largest absolute Gasteiger partial charge is 0.341 e. The van der Waals surface area contributed by atoms with Gasteiger partial charge in [-0.05, 0) is 31.0 Å². The molecular weight excluding hydrogens is 258 g/mol. The smallest absolute Gasteiger partial charge is 0.0490 e. The number of rotatable bonds is 4. The minimum atomic E-state index is 0.477. The van der Waals surface area contributed by atoms with Crippen molar-refractivity contribution in [3.05, 3.63) is 53.3 Å². The molecule has 3 rings (SSSR count). The molecule has 0 amide bonds. The van der Waals surface area contributed by atoms with Crippen LogP contribution in [0.1, 0.15) is 30.7 Å². The molecule has 0 saturated heterocycles. The monoisotopic (exact) mass is 281 g/mol. The quantitative estimate of drug-likeness (QED) is 0.928. The summed E-state index contributed by atoms with van der Waals surface area (Å²) in [6, 6.07) is 11.4. The standard InChI is InChI=1S/C18H23N3/c1-13(2)19-11-16-12-20-14(3)10-18(16)21-9-8-15-6-4-5-7-17(15)21/h4-7,10,12-13,19H,8-9,11H2,1-3H3. The molecule has 3 nitrogen and oxygen atoms in total. The molecule has 1 aromatic heterocycles. The average molecular weight is 281 g/mol. The number of hydrogen-bond donors (Lipinski definition) is 1. The molecule has 0 saturated carbocycles. The summed E-state index contributed by atoms with van der Waals surface area (Å²) in [5, 5.41) is 3.50. The normalized spacial score (nSPS) is 13.8. The van der Waals surface area contributed by atoms with Gasteiger partial charge < -0.3 is 10.2 Å². The number of nitrogens with zero attached hydrogens (tertiary/aromatic N) is 2. The molecule has 0 unspecified atom stereocenters. The minimum Gasteiger partial charge on any atom is -0.341 e. The van der Waals surface area contributed by atoms with Gasteiger partial charge in [-0.1, -0.05) is 32.0 Å². The van der Waals surface area contributed by atoms with Gasteiger partial charge in [-0.25, -0.2) is 0 Å². The van der Waals surface area contributed by atoms with Gasteiger partial charge >= 0.3 is 0 Å². The van der Waals surface area contributed by atoms with Crippen LogP contribution in [0.4, 0.5) is 11.4 Å². The minimum absolute atomic E-state index is 0.477. The predicted molar refractivity (Wildman–Crippen MR) is 88.1 cm³/mol. The highest BCUT2D eigenvalue weighted by molar-refractivity contribution is 5.72. The molecule has 0 atom stereocenters. The summed E-state index contributed by atoms with van der Waals surface area (Å²) in [7, 11) is 0. The molecule has 21 heavy (non-hydrogen) atoms. The number of para-hydroxylation sites is 1. The molecule has 1 aromatic carbocycles. The van der Waals surface area contributed by atoms with E-state index in [4.69, 9.17) is 0 Å². The summed E-state index contributed by atoms with van der Waals surface area (Å²) in [4.78, 5) is 6.91. The second-order valence-corrected chi connectivity index (χ2v) is 6.02. The van der Waals surface area contributed by atoms with E-state index in [-0.39, 0.29) is 0 Å². The molecule has 3 heteroatoms. The molecular formula is C18H23N3. The van der Waals surface area contributed by atoms with Gasteiger partial charge in [0.15, 0.2) is 0 Å². The van der Waals surface area contributed by atoms with Crippen LogP contribution in [-0.2, 0) is 13.0 Å². The summed E-state index contributed by atoms with van der Waals surface area (Å²) in [5.74, 6) is 0. The number of pyridine rings is 1. The van der Waals surface area contributed by atoms with Crippen molar-refractivity contribution >= 4 is 11.4 Å². The van der Waals surface area contributed by atoms with Gasteiger partial charge in [0.05, 0.1) is 0 Å². The van der Waals surface area contributed by atoms with Gasteiger partial charge in [-0.3, -0.25) is 4.98 Å². The summed E-state index contributed by atoms with van der Waals surface area (Å²) < 4.78 is 0. The number of nitrogens with one attached hydrogen (secondary N) is 1. The van der Waals surface area contributed by atoms with Gasteiger partial charge in [0, 0.05) is 48.0 Å². The molecule has 2 aromatic rings. The highest BCUT2D eigenvalue weighted by atomic mass is 15.2. The molecule has 0 fully saturated rings. The number of aryl methyl sites for hydroxylation is 1. The molecule has 2 heterocycles. The Bertz CT molecular complexity index is 634. The van der Waals surface area contributed by atoms with Crippen LogP contribution < -0.4 is 10.2 Å². The lowest BCUT2D eigenvalue weighted by atomic mass is 10.1. The first-order chi connectivity index (χ1) is 10.1. The maximum Gasteiger partial charge on any atom is 0.0490 e. The van der Waals surface area contributed by atoms with Crippen molar-refractivity contribution in [2.75, 3.05) is 11.4 Å². The Kier molecular flexibility index (Phi) is 3.93. The average Bonchev–Trinajstić information content (AvgIpc) is 2.89. The maximum absolute atomic E-state index is 4.48. The number of anilines is 2. The Labute approximate surface area is 127 Å². The third-order valence-electron chi connectivity index (χ3n) is 3.98. The van der Waals surface area contributed by atoms with Crippen LogP contribution in [0.15, 0.2) is 36.5 Å². The first-order valence-corrected chi connectivity index (χ1v) is 7.69. The van der Waals surface area contributed by atoms with Crippen molar-refractivity contribution in [1.29, 1.82) is 0 Å². The molecule has 110 valence electrons. The highest BCUT2D eigenvalue weighted by Crippen LogP contribution is 2.36. The van der Waals surface area contributed by atoms with Gasteiger partial charge in [0.1, 0.15) is 0 Å². The van der Waals surface area contributed by atoms with E-state index in [1.807, 2.05) is 6.20 Å².